The van der Waals surface area contributed by atoms with Crippen molar-refractivity contribution >= 4 is 28.1 Å². The Morgan fingerprint density at radius 3 is 2.36 bits per heavy atom. The summed E-state index contributed by atoms with van der Waals surface area (Å²) in [6.07, 6.45) is 0.891. The molecule has 0 amide bonds. The quantitative estimate of drug-likeness (QED) is 0.509. The zero-order valence-corrected chi connectivity index (χ0v) is 14.5. The van der Waals surface area contributed by atoms with Gasteiger partial charge in [-0.2, -0.15) is 0 Å². The highest BCUT2D eigenvalue weighted by Crippen LogP contribution is 2.35. The van der Waals surface area contributed by atoms with Gasteiger partial charge in [-0.05, 0) is 54.8 Å². The summed E-state index contributed by atoms with van der Waals surface area (Å²) in [6.45, 7) is 4.01. The molecule has 4 rings (SSSR count). The van der Waals surface area contributed by atoms with Gasteiger partial charge in [-0.25, -0.2) is 0 Å². The fourth-order valence-electron chi connectivity index (χ4n) is 3.41. The molecule has 0 radical (unpaired) electrons. The molecule has 3 heteroatoms. The Bertz CT molecular complexity index is 1120. The zero-order valence-electron chi connectivity index (χ0n) is 14.5. The van der Waals surface area contributed by atoms with E-state index >= 15 is 0 Å². The van der Waals surface area contributed by atoms with E-state index in [1.165, 1.54) is 16.3 Å². The number of methoxy groups -OCH3 is 1. The third kappa shape index (κ3) is 2.49. The summed E-state index contributed by atoms with van der Waals surface area (Å²) in [5.41, 5.74) is 6.99. The number of nitrogens with one attached hydrogen (secondary N) is 1. The number of hydrogen-bond donors (Lipinski definition) is 1. The number of H-pyrrole nitrogens is 1. The SMILES string of the molecule is COc1cc(C)c(C=O)cc1-c1ccc2c(c1)[nH]c1cc(C)ccc12. The van der Waals surface area contributed by atoms with Crippen LogP contribution in [0, 0.1) is 13.8 Å². The number of ether oxygens (including phenoxy) is 1. The lowest BCUT2D eigenvalue weighted by atomic mass is 9.98. The molecule has 4 aromatic rings. The van der Waals surface area contributed by atoms with E-state index in [0.29, 0.717) is 5.56 Å². The highest BCUT2D eigenvalue weighted by molar-refractivity contribution is 6.08. The number of rotatable bonds is 3. The number of carbonyl (C=O) groups excluding carboxylic acids is 1. The smallest absolute Gasteiger partial charge is 0.150 e. The van der Waals surface area contributed by atoms with E-state index in [1.807, 2.05) is 19.1 Å². The van der Waals surface area contributed by atoms with Crippen molar-refractivity contribution in [3.63, 3.8) is 0 Å². The molecule has 0 saturated carbocycles. The lowest BCUT2D eigenvalue weighted by Gasteiger charge is -2.11. The molecule has 0 unspecified atom stereocenters. The summed E-state index contributed by atoms with van der Waals surface area (Å²) in [7, 11) is 1.66. The second-order valence-corrected chi connectivity index (χ2v) is 6.46. The number of hydrogen-bond acceptors (Lipinski definition) is 2. The van der Waals surface area contributed by atoms with Crippen LogP contribution in [0.4, 0.5) is 0 Å². The van der Waals surface area contributed by atoms with E-state index in [2.05, 4.69) is 48.3 Å². The Morgan fingerprint density at radius 1 is 0.920 bits per heavy atom. The molecule has 1 aromatic heterocycles. The van der Waals surface area contributed by atoms with E-state index in [9.17, 15) is 4.79 Å². The molecule has 3 aromatic carbocycles. The van der Waals surface area contributed by atoms with Crippen LogP contribution in [0.5, 0.6) is 5.75 Å². The number of aromatic amines is 1. The normalized spacial score (nSPS) is 11.2. The highest BCUT2D eigenvalue weighted by Gasteiger charge is 2.12. The molecule has 0 atom stereocenters. The van der Waals surface area contributed by atoms with Gasteiger partial charge in [0.1, 0.15) is 12.0 Å². The van der Waals surface area contributed by atoms with E-state index in [0.717, 1.165) is 39.8 Å². The fourth-order valence-corrected chi connectivity index (χ4v) is 3.41. The average Bonchev–Trinajstić information content (AvgIpc) is 2.97. The predicted molar refractivity (Wildman–Crippen MR) is 103 cm³/mol. The molecular formula is C22H19NO2. The summed E-state index contributed by atoms with van der Waals surface area (Å²) in [4.78, 5) is 14.8. The number of aryl methyl sites for hydroxylation is 2. The van der Waals surface area contributed by atoms with Crippen LogP contribution in [0.15, 0.2) is 48.5 Å². The molecule has 124 valence electrons. The largest absolute Gasteiger partial charge is 0.496 e. The van der Waals surface area contributed by atoms with Gasteiger partial charge in [-0.15, -0.1) is 0 Å². The summed E-state index contributed by atoms with van der Waals surface area (Å²) < 4.78 is 5.54. The summed E-state index contributed by atoms with van der Waals surface area (Å²) >= 11 is 0. The molecule has 3 nitrogen and oxygen atoms in total. The summed E-state index contributed by atoms with van der Waals surface area (Å²) in [5.74, 6) is 0.773. The van der Waals surface area contributed by atoms with E-state index in [4.69, 9.17) is 4.74 Å². The van der Waals surface area contributed by atoms with Crippen molar-refractivity contribution in [1.29, 1.82) is 0 Å². The van der Waals surface area contributed by atoms with Crippen LogP contribution in [0.1, 0.15) is 21.5 Å². The van der Waals surface area contributed by atoms with Gasteiger partial charge < -0.3 is 9.72 Å². The maximum Gasteiger partial charge on any atom is 0.150 e. The lowest BCUT2D eigenvalue weighted by Crippen LogP contribution is -1.94. The Hall–Kier alpha value is -3.07. The van der Waals surface area contributed by atoms with Gasteiger partial charge >= 0.3 is 0 Å². The van der Waals surface area contributed by atoms with Crippen LogP contribution in [-0.2, 0) is 0 Å². The third-order valence-corrected chi connectivity index (χ3v) is 4.78. The van der Waals surface area contributed by atoms with Gasteiger partial charge in [-0.3, -0.25) is 4.79 Å². The molecule has 1 heterocycles. The van der Waals surface area contributed by atoms with E-state index < -0.39 is 0 Å². The van der Waals surface area contributed by atoms with Crippen LogP contribution in [0.2, 0.25) is 0 Å². The lowest BCUT2D eigenvalue weighted by molar-refractivity contribution is 0.112. The minimum atomic E-state index is 0.683. The van der Waals surface area contributed by atoms with Crippen molar-refractivity contribution in [3.8, 4) is 16.9 Å². The van der Waals surface area contributed by atoms with Gasteiger partial charge in [0.05, 0.1) is 7.11 Å². The van der Waals surface area contributed by atoms with Crippen molar-refractivity contribution in [3.05, 3.63) is 65.2 Å². The molecule has 0 saturated heterocycles. The van der Waals surface area contributed by atoms with Gasteiger partial charge in [-0.1, -0.05) is 24.3 Å². The summed E-state index contributed by atoms with van der Waals surface area (Å²) in [5, 5.41) is 2.41. The van der Waals surface area contributed by atoms with Crippen molar-refractivity contribution in [1.82, 2.24) is 4.98 Å². The fraction of sp³-hybridized carbons (Fsp3) is 0.136. The number of aldehydes is 1. The Morgan fingerprint density at radius 2 is 1.64 bits per heavy atom. The van der Waals surface area contributed by atoms with Crippen LogP contribution >= 0.6 is 0 Å². The average molecular weight is 329 g/mol. The van der Waals surface area contributed by atoms with Crippen molar-refractivity contribution in [2.45, 2.75) is 13.8 Å². The molecule has 0 spiro atoms. The standard InChI is InChI=1S/C22H19NO2/c1-13-4-6-17-18-7-5-15(11-21(18)23-20(17)8-13)19-10-16(12-24)14(2)9-22(19)25-3/h4-12,23H,1-3H3. The Kier molecular flexibility index (Phi) is 3.57. The van der Waals surface area contributed by atoms with E-state index in [1.54, 1.807) is 7.11 Å². The second-order valence-electron chi connectivity index (χ2n) is 6.46. The zero-order chi connectivity index (χ0) is 17.6. The first-order valence-electron chi connectivity index (χ1n) is 8.27. The van der Waals surface area contributed by atoms with Crippen LogP contribution in [0.25, 0.3) is 32.9 Å². The Labute approximate surface area is 146 Å². The van der Waals surface area contributed by atoms with Crippen molar-refractivity contribution < 1.29 is 9.53 Å². The van der Waals surface area contributed by atoms with Gasteiger partial charge in [0.15, 0.2) is 0 Å². The first kappa shape index (κ1) is 15.5. The first-order valence-corrected chi connectivity index (χ1v) is 8.27. The summed E-state index contributed by atoms with van der Waals surface area (Å²) in [6, 6.07) is 16.6. The first-order chi connectivity index (χ1) is 12.1. The topological polar surface area (TPSA) is 42.1 Å². The van der Waals surface area contributed by atoms with E-state index in [-0.39, 0.29) is 0 Å². The predicted octanol–water partition coefficient (Wildman–Crippen LogP) is 5.43. The van der Waals surface area contributed by atoms with Crippen LogP contribution < -0.4 is 4.74 Å². The van der Waals surface area contributed by atoms with Crippen LogP contribution in [0.3, 0.4) is 0 Å². The molecule has 0 aliphatic heterocycles. The van der Waals surface area contributed by atoms with Crippen molar-refractivity contribution in [2.75, 3.05) is 7.11 Å². The number of carbonyl (C=O) groups is 1. The molecule has 0 fully saturated rings. The maximum absolute atomic E-state index is 11.3. The van der Waals surface area contributed by atoms with Crippen LogP contribution in [-0.4, -0.2) is 18.4 Å². The molecule has 1 N–H and O–H groups in total. The van der Waals surface area contributed by atoms with Gasteiger partial charge in [0.2, 0.25) is 0 Å². The third-order valence-electron chi connectivity index (χ3n) is 4.78. The highest BCUT2D eigenvalue weighted by atomic mass is 16.5. The maximum atomic E-state index is 11.3. The van der Waals surface area contributed by atoms with Gasteiger partial charge in [0.25, 0.3) is 0 Å². The number of aromatic nitrogens is 1. The number of benzene rings is 3. The molecule has 0 aliphatic rings. The molecule has 0 aliphatic carbocycles. The minimum absolute atomic E-state index is 0.683. The second kappa shape index (κ2) is 5.78. The minimum Gasteiger partial charge on any atom is -0.496 e. The molecule has 0 bridgehead atoms. The molecule has 25 heavy (non-hydrogen) atoms. The monoisotopic (exact) mass is 329 g/mol. The Balaban J connectivity index is 1.95. The van der Waals surface area contributed by atoms with Gasteiger partial charge in [0, 0.05) is 32.9 Å². The number of fused-ring (bicyclic) bond motifs is 3. The molecular weight excluding hydrogens is 310 g/mol. The van der Waals surface area contributed by atoms with Crippen molar-refractivity contribution in [2.24, 2.45) is 0 Å².